The zero-order valence-electron chi connectivity index (χ0n) is 12.3. The largest absolute Gasteiger partial charge is 0.399 e. The van der Waals surface area contributed by atoms with E-state index in [1.165, 1.54) is 10.6 Å². The SMILES string of the molecule is CS(=O)(=O)N1CCCC(CC(=O)Cc2ccc(N)cc2)C1. The van der Waals surface area contributed by atoms with Gasteiger partial charge in [0, 0.05) is 31.6 Å². The molecule has 1 aliphatic heterocycles. The fourth-order valence-electron chi connectivity index (χ4n) is 2.75. The quantitative estimate of drug-likeness (QED) is 0.835. The van der Waals surface area contributed by atoms with Crippen molar-refractivity contribution in [1.29, 1.82) is 0 Å². The monoisotopic (exact) mass is 310 g/mol. The van der Waals surface area contributed by atoms with Gasteiger partial charge in [-0.2, -0.15) is 0 Å². The van der Waals surface area contributed by atoms with Gasteiger partial charge in [-0.05, 0) is 36.5 Å². The highest BCUT2D eigenvalue weighted by Crippen LogP contribution is 2.22. The molecule has 0 spiro atoms. The van der Waals surface area contributed by atoms with Crippen LogP contribution < -0.4 is 5.73 Å². The molecule has 1 heterocycles. The molecule has 1 unspecified atom stereocenters. The molecule has 5 nitrogen and oxygen atoms in total. The Kier molecular flexibility index (Phi) is 5.00. The number of anilines is 1. The Balaban J connectivity index is 1.89. The van der Waals surface area contributed by atoms with Crippen molar-refractivity contribution in [2.45, 2.75) is 25.7 Å². The third kappa shape index (κ3) is 4.82. The van der Waals surface area contributed by atoms with Crippen molar-refractivity contribution >= 4 is 21.5 Å². The lowest BCUT2D eigenvalue weighted by Crippen LogP contribution is -2.39. The molecule has 0 saturated carbocycles. The molecule has 1 aromatic rings. The highest BCUT2D eigenvalue weighted by Gasteiger charge is 2.27. The van der Waals surface area contributed by atoms with Crippen molar-refractivity contribution in [3.8, 4) is 0 Å². The second-order valence-corrected chi connectivity index (χ2v) is 7.77. The molecule has 1 aliphatic rings. The third-order valence-corrected chi connectivity index (χ3v) is 5.12. The van der Waals surface area contributed by atoms with E-state index >= 15 is 0 Å². The number of piperidine rings is 1. The summed E-state index contributed by atoms with van der Waals surface area (Å²) < 4.78 is 24.6. The highest BCUT2D eigenvalue weighted by atomic mass is 32.2. The summed E-state index contributed by atoms with van der Waals surface area (Å²) in [5, 5.41) is 0. The van der Waals surface area contributed by atoms with E-state index in [-0.39, 0.29) is 11.7 Å². The molecule has 0 aromatic heterocycles. The number of carbonyl (C=O) groups is 1. The van der Waals surface area contributed by atoms with Crippen molar-refractivity contribution in [2.24, 2.45) is 5.92 Å². The molecule has 0 amide bonds. The third-order valence-electron chi connectivity index (χ3n) is 3.85. The van der Waals surface area contributed by atoms with Crippen molar-refractivity contribution in [3.63, 3.8) is 0 Å². The van der Waals surface area contributed by atoms with Gasteiger partial charge < -0.3 is 5.73 Å². The summed E-state index contributed by atoms with van der Waals surface area (Å²) in [7, 11) is -3.15. The Hall–Kier alpha value is -1.40. The second-order valence-electron chi connectivity index (χ2n) is 5.79. The first-order valence-electron chi connectivity index (χ1n) is 7.16. The first kappa shape index (κ1) is 16.0. The van der Waals surface area contributed by atoms with Gasteiger partial charge in [-0.3, -0.25) is 4.79 Å². The van der Waals surface area contributed by atoms with Crippen LogP contribution in [-0.2, 0) is 21.2 Å². The minimum atomic E-state index is -3.15. The van der Waals surface area contributed by atoms with Gasteiger partial charge in [-0.15, -0.1) is 0 Å². The maximum Gasteiger partial charge on any atom is 0.211 e. The van der Waals surface area contributed by atoms with Crippen molar-refractivity contribution in [2.75, 3.05) is 25.1 Å². The molecular formula is C15H22N2O3S. The lowest BCUT2D eigenvalue weighted by Gasteiger charge is -2.30. The number of nitrogen functional groups attached to an aromatic ring is 1. The van der Waals surface area contributed by atoms with E-state index < -0.39 is 10.0 Å². The van der Waals surface area contributed by atoms with E-state index in [1.54, 1.807) is 12.1 Å². The number of carbonyl (C=O) groups excluding carboxylic acids is 1. The second kappa shape index (κ2) is 6.58. The van der Waals surface area contributed by atoms with Crippen LogP contribution in [0.3, 0.4) is 0 Å². The number of ketones is 1. The molecule has 0 bridgehead atoms. The summed E-state index contributed by atoms with van der Waals surface area (Å²) in [6, 6.07) is 7.29. The van der Waals surface area contributed by atoms with E-state index in [4.69, 9.17) is 5.73 Å². The first-order valence-corrected chi connectivity index (χ1v) is 9.00. The molecule has 21 heavy (non-hydrogen) atoms. The van der Waals surface area contributed by atoms with Crippen LogP contribution in [0.25, 0.3) is 0 Å². The number of nitrogens with zero attached hydrogens (tertiary/aromatic N) is 1. The van der Waals surface area contributed by atoms with Crippen LogP contribution in [0.15, 0.2) is 24.3 Å². The van der Waals surface area contributed by atoms with E-state index in [2.05, 4.69) is 0 Å². The number of Topliss-reactive ketones (excluding diaryl/α,β-unsaturated/α-hetero) is 1. The number of sulfonamides is 1. The maximum absolute atomic E-state index is 12.1. The topological polar surface area (TPSA) is 80.5 Å². The minimum absolute atomic E-state index is 0.134. The number of hydrogen-bond donors (Lipinski definition) is 1. The van der Waals surface area contributed by atoms with E-state index in [9.17, 15) is 13.2 Å². The van der Waals surface area contributed by atoms with E-state index in [0.717, 1.165) is 18.4 Å². The summed E-state index contributed by atoms with van der Waals surface area (Å²) in [4.78, 5) is 12.1. The van der Waals surface area contributed by atoms with Gasteiger partial charge in [-0.25, -0.2) is 12.7 Å². The molecule has 1 aromatic carbocycles. The summed E-state index contributed by atoms with van der Waals surface area (Å²) in [5.41, 5.74) is 7.25. The van der Waals surface area contributed by atoms with Crippen LogP contribution in [0, 0.1) is 5.92 Å². The fourth-order valence-corrected chi connectivity index (χ4v) is 3.69. The van der Waals surface area contributed by atoms with Gasteiger partial charge >= 0.3 is 0 Å². The Morgan fingerprint density at radius 1 is 1.33 bits per heavy atom. The molecule has 1 saturated heterocycles. The van der Waals surface area contributed by atoms with Gasteiger partial charge in [0.25, 0.3) is 0 Å². The average molecular weight is 310 g/mol. The van der Waals surface area contributed by atoms with Crippen molar-refractivity contribution in [3.05, 3.63) is 29.8 Å². The van der Waals surface area contributed by atoms with Crippen molar-refractivity contribution < 1.29 is 13.2 Å². The van der Waals surface area contributed by atoms with Gasteiger partial charge in [0.05, 0.1) is 6.26 Å². The zero-order valence-corrected chi connectivity index (χ0v) is 13.1. The van der Waals surface area contributed by atoms with Crippen LogP contribution in [0.2, 0.25) is 0 Å². The van der Waals surface area contributed by atoms with Crippen LogP contribution in [0.1, 0.15) is 24.8 Å². The predicted molar refractivity (Wildman–Crippen MR) is 83.3 cm³/mol. The summed E-state index contributed by atoms with van der Waals surface area (Å²) in [6.07, 6.45) is 3.80. The van der Waals surface area contributed by atoms with Gasteiger partial charge in [0.15, 0.2) is 0 Å². The predicted octanol–water partition coefficient (Wildman–Crippen LogP) is 1.44. The van der Waals surface area contributed by atoms with E-state index in [1.807, 2.05) is 12.1 Å². The average Bonchev–Trinajstić information content (AvgIpc) is 2.41. The van der Waals surface area contributed by atoms with Crippen LogP contribution >= 0.6 is 0 Å². The lowest BCUT2D eigenvalue weighted by atomic mass is 9.92. The molecule has 2 N–H and O–H groups in total. The summed E-state index contributed by atoms with van der Waals surface area (Å²) in [5.74, 6) is 0.287. The van der Waals surface area contributed by atoms with Gasteiger partial charge in [0.2, 0.25) is 10.0 Å². The molecule has 2 rings (SSSR count). The Morgan fingerprint density at radius 2 is 2.00 bits per heavy atom. The summed E-state index contributed by atoms with van der Waals surface area (Å²) in [6.45, 7) is 1.04. The first-order chi connectivity index (χ1) is 9.84. The number of rotatable bonds is 5. The number of hydrogen-bond acceptors (Lipinski definition) is 4. The summed E-state index contributed by atoms with van der Waals surface area (Å²) >= 11 is 0. The standard InChI is InChI=1S/C15H22N2O3S/c1-21(19,20)17-8-2-3-13(11-17)10-15(18)9-12-4-6-14(16)7-5-12/h4-7,13H,2-3,8-11,16H2,1H3. The van der Waals surface area contributed by atoms with Crippen LogP contribution in [0.5, 0.6) is 0 Å². The van der Waals surface area contributed by atoms with E-state index in [0.29, 0.717) is 31.6 Å². The Labute approximate surface area is 126 Å². The molecule has 1 fully saturated rings. The number of benzene rings is 1. The van der Waals surface area contributed by atoms with Crippen LogP contribution in [0.4, 0.5) is 5.69 Å². The smallest absolute Gasteiger partial charge is 0.211 e. The minimum Gasteiger partial charge on any atom is -0.399 e. The molecule has 1 atom stereocenters. The van der Waals surface area contributed by atoms with Gasteiger partial charge in [-0.1, -0.05) is 12.1 Å². The Bertz CT molecular complexity index is 596. The molecule has 0 radical (unpaired) electrons. The maximum atomic E-state index is 12.1. The molecule has 0 aliphatic carbocycles. The number of nitrogens with two attached hydrogens (primary N) is 1. The molecule has 6 heteroatoms. The van der Waals surface area contributed by atoms with Crippen molar-refractivity contribution in [1.82, 2.24) is 4.31 Å². The normalized spacial score (nSPS) is 20.3. The van der Waals surface area contributed by atoms with Gasteiger partial charge in [0.1, 0.15) is 5.78 Å². The zero-order chi connectivity index (χ0) is 15.5. The molecule has 116 valence electrons. The lowest BCUT2D eigenvalue weighted by molar-refractivity contribution is -0.119. The van der Waals surface area contributed by atoms with Crippen LogP contribution in [-0.4, -0.2) is 37.9 Å². The fraction of sp³-hybridized carbons (Fsp3) is 0.533. The Morgan fingerprint density at radius 3 is 2.62 bits per heavy atom. The highest BCUT2D eigenvalue weighted by molar-refractivity contribution is 7.88. The molecular weight excluding hydrogens is 288 g/mol.